The predicted octanol–water partition coefficient (Wildman–Crippen LogP) is 23.7. The van der Waals surface area contributed by atoms with Crippen molar-refractivity contribution in [3.8, 4) is 18.2 Å². The van der Waals surface area contributed by atoms with Crippen LogP contribution < -0.4 is 14.7 Å². The minimum absolute atomic E-state index is 0.0309. The highest BCUT2D eigenvalue weighted by Crippen LogP contribution is 2.35. The van der Waals surface area contributed by atoms with Crippen LogP contribution in [0.1, 0.15) is 156 Å². The molecule has 0 fully saturated rings. The van der Waals surface area contributed by atoms with E-state index >= 15 is 0 Å². The Kier molecular flexibility index (Phi) is 31.0. The summed E-state index contributed by atoms with van der Waals surface area (Å²) in [6.07, 6.45) is 26.8. The van der Waals surface area contributed by atoms with Gasteiger partial charge in [-0.25, -0.2) is 29.8 Å². The van der Waals surface area contributed by atoms with Crippen LogP contribution in [0.3, 0.4) is 0 Å². The Hall–Kier alpha value is -11.4. The average Bonchev–Trinajstić information content (AvgIpc) is 0.825. The third-order valence-electron chi connectivity index (χ3n) is 18.4. The highest BCUT2D eigenvalue weighted by atomic mass is 35.5. The second-order valence-electron chi connectivity index (χ2n) is 26.0. The van der Waals surface area contributed by atoms with Gasteiger partial charge in [-0.2, -0.15) is 5.26 Å². The van der Waals surface area contributed by atoms with Gasteiger partial charge in [-0.3, -0.25) is 0 Å². The van der Waals surface area contributed by atoms with Crippen molar-refractivity contribution >= 4 is 91.2 Å². The van der Waals surface area contributed by atoms with Crippen LogP contribution in [0, 0.1) is 67.6 Å². The van der Waals surface area contributed by atoms with Crippen LogP contribution in [-0.2, 0) is 13.1 Å². The standard InChI is InChI=1S/C91H93Cl2N12/c1-12-18-55-102(56-19-13-2)78-45-37-72(38-46-78)82(70-29-25-68(26-30-70)64-104(53-16-5)80-49-51-84(66(7)59-80)100-88(63-96)89(86(61-94)97-9)74-33-41-76(92)42-34-74)23-22-24-83(73-39-47-79(48-40-73)103(57-20-14-3)58-21-15-4)71-31-27-69(28-32-71)65-105(54-17-6)81-50-52-85(67(8)60-81)101-91(99-11)90(87(62-95)98-10)75-35-43-77(93)44-36-75/h22-52,59-60H,12-21,53-58,64-65H2,1-8H3/q+1. The van der Waals surface area contributed by atoms with E-state index in [0.29, 0.717) is 45.6 Å². The highest BCUT2D eigenvalue weighted by Gasteiger charge is 2.22. The molecule has 0 aliphatic heterocycles. The van der Waals surface area contributed by atoms with E-state index < -0.39 is 0 Å². The fourth-order valence-corrected chi connectivity index (χ4v) is 12.9. The molecular weight excluding hydrogens is 1330 g/mol. The maximum Gasteiger partial charge on any atom is 0.272 e. The molecule has 1 aliphatic rings. The maximum absolute atomic E-state index is 10.4. The molecule has 0 aromatic heterocycles. The number of hydrogen-bond acceptors (Lipinski definition) is 8. The van der Waals surface area contributed by atoms with Crippen LogP contribution in [0.5, 0.6) is 0 Å². The molecule has 0 saturated carbocycles. The fraction of sp³-hybridized carbons (Fsp3) is 0.286. The minimum Gasteiger partial charge on any atom is -0.372 e. The number of anilines is 3. The normalized spacial score (nSPS) is 12.7. The van der Waals surface area contributed by atoms with E-state index in [9.17, 15) is 15.8 Å². The summed E-state index contributed by atoms with van der Waals surface area (Å²) in [6, 6.07) is 58.6. The molecule has 7 aromatic rings. The van der Waals surface area contributed by atoms with Crippen LogP contribution in [0.4, 0.5) is 28.4 Å². The van der Waals surface area contributed by atoms with Crippen molar-refractivity contribution < 1.29 is 4.58 Å². The topological polar surface area (TPSA) is 122 Å². The van der Waals surface area contributed by atoms with Gasteiger partial charge in [0.25, 0.3) is 17.2 Å². The smallest absolute Gasteiger partial charge is 0.272 e. The molecule has 12 nitrogen and oxygen atoms in total. The second-order valence-corrected chi connectivity index (χ2v) is 26.9. The minimum atomic E-state index is -0.226. The number of nitrogens with zero attached hydrogens (tertiary/aromatic N) is 12. The van der Waals surface area contributed by atoms with Gasteiger partial charge in [0, 0.05) is 108 Å². The summed E-state index contributed by atoms with van der Waals surface area (Å²) < 4.78 is 2.53. The molecule has 0 saturated heterocycles. The van der Waals surface area contributed by atoms with E-state index in [1.807, 2.05) is 50.3 Å². The molecule has 0 N–H and O–H groups in total. The Morgan fingerprint density at radius 2 is 0.905 bits per heavy atom. The molecule has 0 heterocycles. The zero-order chi connectivity index (χ0) is 75.0. The van der Waals surface area contributed by atoms with Crippen molar-refractivity contribution in [2.75, 3.05) is 54.0 Å². The average molecular weight is 1430 g/mol. The number of hydrogen-bond donors (Lipinski definition) is 0. The third kappa shape index (κ3) is 21.9. The number of amidine groups is 1. The lowest BCUT2D eigenvalue weighted by atomic mass is 9.93. The van der Waals surface area contributed by atoms with Crippen LogP contribution in [0.2, 0.25) is 10.0 Å². The quantitative estimate of drug-likeness (QED) is 0.00989. The van der Waals surface area contributed by atoms with Gasteiger partial charge in [-0.05, 0) is 186 Å². The molecule has 8 rings (SSSR count). The Balaban J connectivity index is 1.15. The van der Waals surface area contributed by atoms with E-state index in [2.05, 4.69) is 209 Å². The summed E-state index contributed by atoms with van der Waals surface area (Å²) in [5.74, 6) is -0.0452. The molecule has 7 aromatic carbocycles. The molecule has 105 heavy (non-hydrogen) atoms. The van der Waals surface area contributed by atoms with Gasteiger partial charge < -0.3 is 19.5 Å². The van der Waals surface area contributed by atoms with Gasteiger partial charge in [0.2, 0.25) is 0 Å². The van der Waals surface area contributed by atoms with E-state index in [1.165, 1.54) is 11.4 Å². The third-order valence-corrected chi connectivity index (χ3v) is 18.9. The van der Waals surface area contributed by atoms with Crippen LogP contribution in [0.15, 0.2) is 227 Å². The molecule has 0 bridgehead atoms. The number of nitriles is 3. The van der Waals surface area contributed by atoms with Crippen LogP contribution in [-0.4, -0.2) is 61.1 Å². The molecule has 0 spiro atoms. The summed E-state index contributed by atoms with van der Waals surface area (Å²) in [6.45, 7) is 47.9. The van der Waals surface area contributed by atoms with Crippen molar-refractivity contribution in [1.29, 1.82) is 15.8 Å². The summed E-state index contributed by atoms with van der Waals surface area (Å²) in [4.78, 5) is 27.5. The molecule has 14 heteroatoms. The van der Waals surface area contributed by atoms with Crippen molar-refractivity contribution in [3.05, 3.63) is 312 Å². The molecule has 0 atom stereocenters. The highest BCUT2D eigenvalue weighted by molar-refractivity contribution is 6.34. The Bertz CT molecular complexity index is 4700. The summed E-state index contributed by atoms with van der Waals surface area (Å²) in [5.41, 5.74) is 17.1. The van der Waals surface area contributed by atoms with Gasteiger partial charge in [0.05, 0.1) is 31.0 Å². The number of rotatable bonds is 34. The second kappa shape index (κ2) is 41.1. The largest absolute Gasteiger partial charge is 0.372 e. The van der Waals surface area contributed by atoms with E-state index in [4.69, 9.17) is 52.9 Å². The van der Waals surface area contributed by atoms with E-state index in [1.54, 1.807) is 48.5 Å². The van der Waals surface area contributed by atoms with E-state index in [0.717, 1.165) is 171 Å². The number of unbranched alkanes of at least 4 members (excludes halogenated alkanes) is 4. The molecule has 530 valence electrons. The summed E-state index contributed by atoms with van der Waals surface area (Å²) in [7, 11) is 0. The van der Waals surface area contributed by atoms with Crippen molar-refractivity contribution in [2.45, 2.75) is 133 Å². The lowest BCUT2D eigenvalue weighted by Crippen LogP contribution is -2.25. The Morgan fingerprint density at radius 3 is 1.34 bits per heavy atom. The van der Waals surface area contributed by atoms with Gasteiger partial charge in [-0.1, -0.05) is 200 Å². The van der Waals surface area contributed by atoms with Crippen LogP contribution in [0.25, 0.3) is 36.8 Å². The predicted molar refractivity (Wildman–Crippen MR) is 440 cm³/mol. The fourth-order valence-electron chi connectivity index (χ4n) is 12.7. The zero-order valence-electron chi connectivity index (χ0n) is 61.9. The van der Waals surface area contributed by atoms with Crippen molar-refractivity contribution in [2.24, 2.45) is 9.98 Å². The Morgan fingerprint density at radius 1 is 0.467 bits per heavy atom. The lowest BCUT2D eigenvalue weighted by molar-refractivity contribution is -0.527. The first kappa shape index (κ1) is 79.4. The van der Waals surface area contributed by atoms with Gasteiger partial charge in [-0.15, -0.1) is 4.99 Å². The van der Waals surface area contributed by atoms with Gasteiger partial charge >= 0.3 is 0 Å². The SMILES string of the molecule is [C-]#[N+]C(=Nc1ccc(N(CCC)Cc2ccc(C(=CC=CC(=C3C=CC(=[N+](CCCC)CCCC)C=C3)c3ccc(CN(CCC)c4ccc(N=C(C#N)C(=C(C#N)[N+]#[C-])c5ccc(Cl)cc5)c(C)c4)cc3)c3ccc(N(CCCC)CCCC)cc3)cc2)cc1C)C(=C(C#N)[N+]#[C-])c1ccc(Cl)cc1. The van der Waals surface area contributed by atoms with Crippen molar-refractivity contribution in [3.63, 3.8) is 0 Å². The number of benzene rings is 7. The number of allylic oxidation sites excluding steroid dienone is 12. The zero-order valence-corrected chi connectivity index (χ0v) is 63.4. The first-order valence-electron chi connectivity index (χ1n) is 36.6. The van der Waals surface area contributed by atoms with Crippen molar-refractivity contribution in [1.82, 2.24) is 0 Å². The monoisotopic (exact) mass is 1420 g/mol. The maximum atomic E-state index is 10.4. The van der Waals surface area contributed by atoms with Crippen LogP contribution >= 0.6 is 23.2 Å². The first-order chi connectivity index (χ1) is 51.2. The van der Waals surface area contributed by atoms with Gasteiger partial charge in [0.15, 0.2) is 11.4 Å². The summed E-state index contributed by atoms with van der Waals surface area (Å²) >= 11 is 12.4. The number of aryl methyl sites for hydroxylation is 2. The van der Waals surface area contributed by atoms with Gasteiger partial charge in [0.1, 0.15) is 24.9 Å². The molecule has 1 aliphatic carbocycles. The molecule has 0 unspecified atom stereocenters. The summed E-state index contributed by atoms with van der Waals surface area (Å²) in [5, 5.41) is 31.4. The molecule has 0 radical (unpaired) electrons. The number of aliphatic imine (C=N–C) groups is 2. The molecule has 0 amide bonds. The number of halogens is 2. The van der Waals surface area contributed by atoms with E-state index in [-0.39, 0.29) is 34.1 Å². The lowest BCUT2D eigenvalue weighted by Gasteiger charge is -2.25. The Labute approximate surface area is 634 Å². The molecular formula is C91H93Cl2N12+. The first-order valence-corrected chi connectivity index (χ1v) is 37.3.